The molecule has 1 fully saturated rings. The number of aliphatic hydroxyl groups excluding tert-OH is 1. The number of likely N-dealkylation sites (tertiary alicyclic amines) is 1. The average Bonchev–Trinajstić information content (AvgIpc) is 2.70. The highest BCUT2D eigenvalue weighted by molar-refractivity contribution is 5.79. The number of rotatable bonds is 5. The lowest BCUT2D eigenvalue weighted by Gasteiger charge is -2.35. The minimum Gasteiger partial charge on any atom is -0.488 e. The largest absolute Gasteiger partial charge is 0.488 e. The summed E-state index contributed by atoms with van der Waals surface area (Å²) < 4.78 is 11.2. The summed E-state index contributed by atoms with van der Waals surface area (Å²) in [6.45, 7) is 2.07. The van der Waals surface area contributed by atoms with Gasteiger partial charge in [-0.05, 0) is 30.7 Å². The number of hydrogen-bond donors (Lipinski definition) is 1. The Balaban J connectivity index is 1.37. The van der Waals surface area contributed by atoms with Gasteiger partial charge >= 0.3 is 0 Å². The zero-order chi connectivity index (χ0) is 18.6. The number of aliphatic hydroxyl groups is 1. The third-order valence-corrected chi connectivity index (χ3v) is 4.85. The number of β-amino-alcohol motifs (C(OH)–C–C–N with tert-alkyl or cyclic N) is 1. The lowest BCUT2D eigenvalue weighted by atomic mass is 10.0. The molecule has 0 amide bonds. The lowest BCUT2D eigenvalue weighted by molar-refractivity contribution is -0.0277. The SMILES string of the molecule is COc1cccc(CN2CC[C@@H](Oc3ccc4cccnc4c3)[C@H](O)C2)n1. The fourth-order valence-corrected chi connectivity index (χ4v) is 3.44. The van der Waals surface area contributed by atoms with Gasteiger partial charge in [-0.15, -0.1) is 0 Å². The Bertz CT molecular complexity index is 918. The maximum Gasteiger partial charge on any atom is 0.213 e. The van der Waals surface area contributed by atoms with Crippen molar-refractivity contribution in [1.29, 1.82) is 0 Å². The third kappa shape index (κ3) is 4.18. The van der Waals surface area contributed by atoms with Gasteiger partial charge in [-0.25, -0.2) is 4.98 Å². The summed E-state index contributed by atoms with van der Waals surface area (Å²) in [5.74, 6) is 1.35. The number of aromatic nitrogens is 2. The molecule has 6 nitrogen and oxygen atoms in total. The van der Waals surface area contributed by atoms with E-state index in [2.05, 4.69) is 14.9 Å². The van der Waals surface area contributed by atoms with E-state index >= 15 is 0 Å². The first-order valence-electron chi connectivity index (χ1n) is 9.13. The Morgan fingerprint density at radius 2 is 2.11 bits per heavy atom. The maximum absolute atomic E-state index is 10.6. The van der Waals surface area contributed by atoms with E-state index in [-0.39, 0.29) is 6.10 Å². The normalized spacial score (nSPS) is 20.5. The molecule has 0 bridgehead atoms. The van der Waals surface area contributed by atoms with Crippen LogP contribution in [-0.4, -0.2) is 52.4 Å². The molecule has 2 aromatic heterocycles. The number of benzene rings is 1. The predicted molar refractivity (Wildman–Crippen MR) is 103 cm³/mol. The molecule has 3 heterocycles. The van der Waals surface area contributed by atoms with Gasteiger partial charge in [-0.2, -0.15) is 0 Å². The van der Waals surface area contributed by atoms with Gasteiger partial charge in [0.25, 0.3) is 0 Å². The number of fused-ring (bicyclic) bond motifs is 1. The van der Waals surface area contributed by atoms with E-state index in [1.165, 1.54) is 0 Å². The molecule has 1 aromatic carbocycles. The van der Waals surface area contributed by atoms with Crippen molar-refractivity contribution in [3.05, 3.63) is 60.4 Å². The maximum atomic E-state index is 10.6. The molecule has 3 aromatic rings. The first-order valence-corrected chi connectivity index (χ1v) is 9.13. The van der Waals surface area contributed by atoms with Crippen LogP contribution >= 0.6 is 0 Å². The Labute approximate surface area is 158 Å². The fourth-order valence-electron chi connectivity index (χ4n) is 3.44. The van der Waals surface area contributed by atoms with E-state index in [9.17, 15) is 5.11 Å². The fraction of sp³-hybridized carbons (Fsp3) is 0.333. The number of pyridine rings is 2. The lowest BCUT2D eigenvalue weighted by Crippen LogP contribution is -2.48. The van der Waals surface area contributed by atoms with Crippen molar-refractivity contribution in [2.45, 2.75) is 25.2 Å². The van der Waals surface area contributed by atoms with E-state index in [0.29, 0.717) is 19.0 Å². The van der Waals surface area contributed by atoms with Crippen LogP contribution in [0, 0.1) is 0 Å². The molecule has 140 valence electrons. The Kier molecular flexibility index (Phi) is 5.18. The number of hydrogen-bond acceptors (Lipinski definition) is 6. The standard InChI is InChI=1S/C21H23N3O3/c1-26-21-6-2-5-16(23-21)13-24-11-9-20(19(25)14-24)27-17-8-7-15-4-3-10-22-18(15)12-17/h2-8,10,12,19-20,25H,9,11,13-14H2,1H3/t19-,20-/m1/s1. The summed E-state index contributed by atoms with van der Waals surface area (Å²) in [6.07, 6.45) is 1.75. The minimum absolute atomic E-state index is 0.222. The second-order valence-corrected chi connectivity index (χ2v) is 6.78. The second-order valence-electron chi connectivity index (χ2n) is 6.78. The van der Waals surface area contributed by atoms with Gasteiger partial charge in [0, 0.05) is 43.4 Å². The monoisotopic (exact) mass is 365 g/mol. The van der Waals surface area contributed by atoms with E-state index in [1.807, 2.05) is 48.5 Å². The van der Waals surface area contributed by atoms with Gasteiger partial charge in [-0.3, -0.25) is 9.88 Å². The van der Waals surface area contributed by atoms with E-state index < -0.39 is 6.10 Å². The highest BCUT2D eigenvalue weighted by Gasteiger charge is 2.29. The first-order chi connectivity index (χ1) is 13.2. The highest BCUT2D eigenvalue weighted by atomic mass is 16.5. The van der Waals surface area contributed by atoms with Crippen LogP contribution in [0.25, 0.3) is 10.9 Å². The zero-order valence-electron chi connectivity index (χ0n) is 15.3. The molecule has 2 atom stereocenters. The van der Waals surface area contributed by atoms with Crippen LogP contribution in [0.15, 0.2) is 54.7 Å². The van der Waals surface area contributed by atoms with Crippen LogP contribution in [0.3, 0.4) is 0 Å². The topological polar surface area (TPSA) is 67.7 Å². The second kappa shape index (κ2) is 7.90. The third-order valence-electron chi connectivity index (χ3n) is 4.85. The summed E-state index contributed by atoms with van der Waals surface area (Å²) in [5, 5.41) is 11.6. The molecule has 0 radical (unpaired) electrons. The molecular weight excluding hydrogens is 342 g/mol. The predicted octanol–water partition coefficient (Wildman–Crippen LogP) is 2.65. The van der Waals surface area contributed by atoms with Gasteiger partial charge < -0.3 is 14.6 Å². The number of piperidine rings is 1. The molecular formula is C21H23N3O3. The van der Waals surface area contributed by atoms with E-state index in [0.717, 1.165) is 35.3 Å². The van der Waals surface area contributed by atoms with Crippen molar-refractivity contribution in [2.75, 3.05) is 20.2 Å². The van der Waals surface area contributed by atoms with Gasteiger partial charge in [0.15, 0.2) is 0 Å². The Hall–Kier alpha value is -2.70. The van der Waals surface area contributed by atoms with Gasteiger partial charge in [0.05, 0.1) is 18.3 Å². The average molecular weight is 365 g/mol. The molecule has 1 saturated heterocycles. The van der Waals surface area contributed by atoms with Crippen molar-refractivity contribution in [1.82, 2.24) is 14.9 Å². The quantitative estimate of drug-likeness (QED) is 0.750. The molecule has 0 spiro atoms. The van der Waals surface area contributed by atoms with Crippen molar-refractivity contribution in [3.8, 4) is 11.6 Å². The van der Waals surface area contributed by atoms with Crippen molar-refractivity contribution < 1.29 is 14.6 Å². The van der Waals surface area contributed by atoms with Gasteiger partial charge in [-0.1, -0.05) is 12.1 Å². The number of ether oxygens (including phenoxy) is 2. The molecule has 6 heteroatoms. The number of nitrogens with zero attached hydrogens (tertiary/aromatic N) is 3. The first kappa shape index (κ1) is 17.7. The van der Waals surface area contributed by atoms with Crippen LogP contribution in [0.2, 0.25) is 0 Å². The van der Waals surface area contributed by atoms with Crippen molar-refractivity contribution >= 4 is 10.9 Å². The van der Waals surface area contributed by atoms with Gasteiger partial charge in [0.2, 0.25) is 5.88 Å². The van der Waals surface area contributed by atoms with Crippen molar-refractivity contribution in [3.63, 3.8) is 0 Å². The molecule has 0 saturated carbocycles. The molecule has 0 aliphatic carbocycles. The zero-order valence-corrected chi connectivity index (χ0v) is 15.3. The Morgan fingerprint density at radius 1 is 1.19 bits per heavy atom. The van der Waals surface area contributed by atoms with Crippen molar-refractivity contribution in [2.24, 2.45) is 0 Å². The van der Waals surface area contributed by atoms with Crippen LogP contribution in [-0.2, 0) is 6.54 Å². The number of methoxy groups -OCH3 is 1. The smallest absolute Gasteiger partial charge is 0.213 e. The molecule has 1 aliphatic heterocycles. The summed E-state index contributed by atoms with van der Waals surface area (Å²) >= 11 is 0. The van der Waals surface area contributed by atoms with Crippen LogP contribution in [0.5, 0.6) is 11.6 Å². The molecule has 1 N–H and O–H groups in total. The Morgan fingerprint density at radius 3 is 2.96 bits per heavy atom. The summed E-state index contributed by atoms with van der Waals surface area (Å²) in [6, 6.07) is 15.5. The molecule has 0 unspecified atom stereocenters. The van der Waals surface area contributed by atoms with Crippen LogP contribution in [0.1, 0.15) is 12.1 Å². The van der Waals surface area contributed by atoms with Crippen LogP contribution in [0.4, 0.5) is 0 Å². The summed E-state index contributed by atoms with van der Waals surface area (Å²) in [5.41, 5.74) is 1.83. The highest BCUT2D eigenvalue weighted by Crippen LogP contribution is 2.24. The summed E-state index contributed by atoms with van der Waals surface area (Å²) in [7, 11) is 1.61. The van der Waals surface area contributed by atoms with Crippen LogP contribution < -0.4 is 9.47 Å². The van der Waals surface area contributed by atoms with E-state index in [1.54, 1.807) is 13.3 Å². The van der Waals surface area contributed by atoms with Gasteiger partial charge in [0.1, 0.15) is 18.0 Å². The van der Waals surface area contributed by atoms with E-state index in [4.69, 9.17) is 9.47 Å². The molecule has 27 heavy (non-hydrogen) atoms. The molecule has 4 rings (SSSR count). The minimum atomic E-state index is -0.552. The molecule has 1 aliphatic rings. The summed E-state index contributed by atoms with van der Waals surface area (Å²) in [4.78, 5) is 11.0.